The average Bonchev–Trinajstić information content (AvgIpc) is 3.13. The summed E-state index contributed by atoms with van der Waals surface area (Å²) in [4.78, 5) is 30.1. The first-order valence-corrected chi connectivity index (χ1v) is 12.0. The van der Waals surface area contributed by atoms with Gasteiger partial charge in [-0.05, 0) is 62.0 Å². The van der Waals surface area contributed by atoms with Crippen molar-refractivity contribution in [1.29, 1.82) is 0 Å². The molecule has 1 heterocycles. The topological polar surface area (TPSA) is 79.3 Å². The van der Waals surface area contributed by atoms with Crippen molar-refractivity contribution in [3.8, 4) is 11.5 Å². The van der Waals surface area contributed by atoms with Gasteiger partial charge in [0.15, 0.2) is 0 Å². The second-order valence-electron chi connectivity index (χ2n) is 8.15. The number of nitrogens with zero attached hydrogens (tertiary/aromatic N) is 2. The molecule has 1 fully saturated rings. The van der Waals surface area contributed by atoms with Gasteiger partial charge in [-0.15, -0.1) is 0 Å². The number of hydrogen-bond acceptors (Lipinski definition) is 6. The summed E-state index contributed by atoms with van der Waals surface area (Å²) in [5.74, 6) is -0.269. The maximum absolute atomic E-state index is 13.2. The molecule has 0 aromatic heterocycles. The lowest BCUT2D eigenvalue weighted by molar-refractivity contribution is -0.140. The van der Waals surface area contributed by atoms with Crippen molar-refractivity contribution in [3.05, 3.63) is 77.9 Å². The lowest BCUT2D eigenvalue weighted by Crippen LogP contribution is -2.38. The van der Waals surface area contributed by atoms with Gasteiger partial charge < -0.3 is 24.4 Å². The number of likely N-dealkylation sites (tertiary alicyclic amines) is 1. The molecule has 1 atom stereocenters. The van der Waals surface area contributed by atoms with Crippen LogP contribution in [0.3, 0.4) is 0 Å². The minimum absolute atomic E-state index is 0.0691. The van der Waals surface area contributed by atoms with E-state index in [4.69, 9.17) is 9.47 Å². The second kappa shape index (κ2) is 12.2. The summed E-state index contributed by atoms with van der Waals surface area (Å²) in [6.45, 7) is 13.2. The van der Waals surface area contributed by atoms with Gasteiger partial charge in [0.2, 0.25) is 0 Å². The number of ketones is 1. The largest absolute Gasteiger partial charge is 0.507 e. The SMILES string of the molecule is C=CCOc1cccc([C@@H]2C(=C(O)c3ccc(OCC)cc3)C(=O)C(=O)N2CCN(CC)CC)c1. The number of carbonyl (C=O) groups excluding carboxylic acids is 2. The zero-order valence-corrected chi connectivity index (χ0v) is 20.7. The van der Waals surface area contributed by atoms with E-state index in [1.165, 1.54) is 0 Å². The van der Waals surface area contributed by atoms with Crippen LogP contribution in [-0.4, -0.2) is 66.0 Å². The first kappa shape index (κ1) is 26.0. The molecule has 186 valence electrons. The fourth-order valence-corrected chi connectivity index (χ4v) is 4.21. The van der Waals surface area contributed by atoms with Crippen molar-refractivity contribution in [1.82, 2.24) is 9.80 Å². The van der Waals surface area contributed by atoms with E-state index in [0.717, 1.165) is 13.1 Å². The monoisotopic (exact) mass is 478 g/mol. The van der Waals surface area contributed by atoms with Gasteiger partial charge in [0.1, 0.15) is 23.9 Å². The van der Waals surface area contributed by atoms with Gasteiger partial charge in [-0.1, -0.05) is 38.6 Å². The molecule has 0 radical (unpaired) electrons. The van der Waals surface area contributed by atoms with Gasteiger partial charge in [0.05, 0.1) is 18.2 Å². The molecular formula is C28H34N2O5. The lowest BCUT2D eigenvalue weighted by atomic mass is 9.95. The van der Waals surface area contributed by atoms with Crippen LogP contribution in [0.4, 0.5) is 0 Å². The van der Waals surface area contributed by atoms with E-state index in [2.05, 4.69) is 25.3 Å². The molecule has 0 aliphatic carbocycles. The number of aliphatic hydroxyl groups excluding tert-OH is 1. The molecule has 2 aromatic rings. The standard InChI is InChI=1S/C28H34N2O5/c1-5-18-35-23-11-9-10-21(19-23)25-24(26(31)20-12-14-22(15-13-20)34-8-4)27(32)28(33)30(25)17-16-29(6-2)7-3/h5,9-15,19,25,31H,1,6-8,16-18H2,2-4H3/t25-/m1/s1. The van der Waals surface area contributed by atoms with Gasteiger partial charge in [0, 0.05) is 18.7 Å². The smallest absolute Gasteiger partial charge is 0.295 e. The second-order valence-corrected chi connectivity index (χ2v) is 8.15. The highest BCUT2D eigenvalue weighted by Crippen LogP contribution is 2.40. The molecule has 3 rings (SSSR count). The summed E-state index contributed by atoms with van der Waals surface area (Å²) < 4.78 is 11.2. The predicted molar refractivity (Wildman–Crippen MR) is 137 cm³/mol. The lowest BCUT2D eigenvalue weighted by Gasteiger charge is -2.28. The molecule has 1 N–H and O–H groups in total. The van der Waals surface area contributed by atoms with Crippen LogP contribution in [-0.2, 0) is 9.59 Å². The van der Waals surface area contributed by atoms with E-state index < -0.39 is 17.7 Å². The predicted octanol–water partition coefficient (Wildman–Crippen LogP) is 4.41. The summed E-state index contributed by atoms with van der Waals surface area (Å²) in [6.07, 6.45) is 1.65. The summed E-state index contributed by atoms with van der Waals surface area (Å²) >= 11 is 0. The van der Waals surface area contributed by atoms with Crippen LogP contribution in [0, 0.1) is 0 Å². The molecule has 7 heteroatoms. The molecule has 0 saturated carbocycles. The van der Waals surface area contributed by atoms with Gasteiger partial charge >= 0.3 is 0 Å². The van der Waals surface area contributed by atoms with Gasteiger partial charge in [-0.3, -0.25) is 9.59 Å². The third-order valence-electron chi connectivity index (χ3n) is 6.07. The Kier molecular flexibility index (Phi) is 9.09. The fourth-order valence-electron chi connectivity index (χ4n) is 4.21. The Morgan fingerprint density at radius 2 is 1.77 bits per heavy atom. The third kappa shape index (κ3) is 5.92. The van der Waals surface area contributed by atoms with E-state index in [9.17, 15) is 14.7 Å². The molecule has 35 heavy (non-hydrogen) atoms. The Morgan fingerprint density at radius 3 is 2.40 bits per heavy atom. The van der Waals surface area contributed by atoms with Gasteiger partial charge in [-0.2, -0.15) is 0 Å². The van der Waals surface area contributed by atoms with Crippen molar-refractivity contribution in [2.75, 3.05) is 39.4 Å². The number of likely N-dealkylation sites (N-methyl/N-ethyl adjacent to an activating group) is 1. The Morgan fingerprint density at radius 1 is 1.06 bits per heavy atom. The molecule has 0 spiro atoms. The van der Waals surface area contributed by atoms with Crippen LogP contribution < -0.4 is 9.47 Å². The van der Waals surface area contributed by atoms with Crippen molar-refractivity contribution >= 4 is 17.4 Å². The Bertz CT molecular complexity index is 1070. The normalized spacial score (nSPS) is 17.1. The van der Waals surface area contributed by atoms with Gasteiger partial charge in [-0.25, -0.2) is 0 Å². The Balaban J connectivity index is 2.07. The minimum atomic E-state index is -0.732. The van der Waals surface area contributed by atoms with Crippen LogP contribution in [0.15, 0.2) is 66.8 Å². The highest BCUT2D eigenvalue weighted by atomic mass is 16.5. The molecule has 7 nitrogen and oxygen atoms in total. The van der Waals surface area contributed by atoms with Crippen molar-refractivity contribution in [3.63, 3.8) is 0 Å². The van der Waals surface area contributed by atoms with Crippen molar-refractivity contribution in [2.45, 2.75) is 26.8 Å². The first-order valence-electron chi connectivity index (χ1n) is 12.0. The van der Waals surface area contributed by atoms with E-state index >= 15 is 0 Å². The van der Waals surface area contributed by atoms with Crippen LogP contribution in [0.1, 0.15) is 37.9 Å². The number of Topliss-reactive ketones (excluding diaryl/α,β-unsaturated/α-hetero) is 1. The summed E-state index contributed by atoms with van der Waals surface area (Å²) in [6, 6.07) is 13.4. The van der Waals surface area contributed by atoms with E-state index in [0.29, 0.717) is 48.9 Å². The van der Waals surface area contributed by atoms with Crippen LogP contribution in [0.25, 0.3) is 5.76 Å². The molecule has 2 aromatic carbocycles. The summed E-state index contributed by atoms with van der Waals surface area (Å²) in [5, 5.41) is 11.2. The number of amides is 1. The number of rotatable bonds is 12. The first-order chi connectivity index (χ1) is 16.9. The Labute approximate surface area is 207 Å². The minimum Gasteiger partial charge on any atom is -0.507 e. The Hall–Kier alpha value is -3.58. The molecule has 0 bridgehead atoms. The van der Waals surface area contributed by atoms with E-state index in [1.807, 2.05) is 25.1 Å². The number of carbonyl (C=O) groups is 2. The molecule has 0 unspecified atom stereocenters. The van der Waals surface area contributed by atoms with Crippen molar-refractivity contribution < 1.29 is 24.2 Å². The van der Waals surface area contributed by atoms with Crippen LogP contribution in [0.2, 0.25) is 0 Å². The molecule has 1 saturated heterocycles. The zero-order valence-electron chi connectivity index (χ0n) is 20.7. The maximum Gasteiger partial charge on any atom is 0.295 e. The number of ether oxygens (including phenoxy) is 2. The average molecular weight is 479 g/mol. The van der Waals surface area contributed by atoms with Crippen LogP contribution in [0.5, 0.6) is 11.5 Å². The fraction of sp³-hybridized carbons (Fsp3) is 0.357. The van der Waals surface area contributed by atoms with Gasteiger partial charge in [0.25, 0.3) is 11.7 Å². The zero-order chi connectivity index (χ0) is 25.4. The summed E-state index contributed by atoms with van der Waals surface area (Å²) in [7, 11) is 0. The summed E-state index contributed by atoms with van der Waals surface area (Å²) in [5.41, 5.74) is 1.21. The highest BCUT2D eigenvalue weighted by molar-refractivity contribution is 6.46. The van der Waals surface area contributed by atoms with Crippen molar-refractivity contribution in [2.24, 2.45) is 0 Å². The third-order valence-corrected chi connectivity index (χ3v) is 6.07. The molecule has 1 aliphatic heterocycles. The number of benzene rings is 2. The molecule has 1 aliphatic rings. The highest BCUT2D eigenvalue weighted by Gasteiger charge is 2.46. The van der Waals surface area contributed by atoms with E-state index in [-0.39, 0.29) is 11.3 Å². The molecule has 1 amide bonds. The number of hydrogen-bond donors (Lipinski definition) is 1. The number of aliphatic hydroxyl groups is 1. The quantitative estimate of drug-likeness (QED) is 0.211. The van der Waals surface area contributed by atoms with E-state index in [1.54, 1.807) is 41.3 Å². The van der Waals surface area contributed by atoms with Crippen LogP contribution >= 0.6 is 0 Å². The molecular weight excluding hydrogens is 444 g/mol. The maximum atomic E-state index is 13.2.